The van der Waals surface area contributed by atoms with Crippen LogP contribution in [-0.4, -0.2) is 36.5 Å². The van der Waals surface area contributed by atoms with E-state index in [2.05, 4.69) is 41.5 Å². The highest BCUT2D eigenvalue weighted by molar-refractivity contribution is 6.06. The van der Waals surface area contributed by atoms with Crippen LogP contribution in [0.3, 0.4) is 0 Å². The summed E-state index contributed by atoms with van der Waals surface area (Å²) in [6.07, 6.45) is 1.61. The summed E-state index contributed by atoms with van der Waals surface area (Å²) >= 11 is 0. The SMILES string of the molecule is COc1ccc(CN2CCC3(CC2)Nc2ccccc2NC3=O)c(C)c1C. The van der Waals surface area contributed by atoms with Crippen LogP contribution in [0, 0.1) is 13.8 Å². The molecule has 2 aromatic carbocycles. The maximum atomic E-state index is 12.8. The number of rotatable bonds is 3. The van der Waals surface area contributed by atoms with E-state index >= 15 is 0 Å². The quantitative estimate of drug-likeness (QED) is 0.871. The lowest BCUT2D eigenvalue weighted by Crippen LogP contribution is -2.58. The molecule has 0 unspecified atom stereocenters. The predicted molar refractivity (Wildman–Crippen MR) is 108 cm³/mol. The van der Waals surface area contributed by atoms with Crippen molar-refractivity contribution >= 4 is 17.3 Å². The zero-order valence-corrected chi connectivity index (χ0v) is 16.3. The second-order valence-electron chi connectivity index (χ2n) is 7.66. The maximum absolute atomic E-state index is 12.8. The number of benzene rings is 2. The van der Waals surface area contributed by atoms with Crippen molar-refractivity contribution in [2.45, 2.75) is 38.8 Å². The van der Waals surface area contributed by atoms with Crippen LogP contribution in [0.4, 0.5) is 11.4 Å². The number of amides is 1. The second-order valence-corrected chi connectivity index (χ2v) is 7.66. The summed E-state index contributed by atoms with van der Waals surface area (Å²) < 4.78 is 5.42. The van der Waals surface area contributed by atoms with Crippen LogP contribution in [0.25, 0.3) is 0 Å². The average molecular weight is 365 g/mol. The molecule has 2 aliphatic heterocycles. The van der Waals surface area contributed by atoms with Gasteiger partial charge in [-0.2, -0.15) is 0 Å². The molecule has 0 aliphatic carbocycles. The minimum absolute atomic E-state index is 0.0947. The molecule has 5 heteroatoms. The monoisotopic (exact) mass is 365 g/mol. The Hall–Kier alpha value is -2.53. The lowest BCUT2D eigenvalue weighted by atomic mass is 9.84. The number of hydrogen-bond donors (Lipinski definition) is 2. The Balaban J connectivity index is 1.45. The fourth-order valence-electron chi connectivity index (χ4n) is 4.19. The van der Waals surface area contributed by atoms with Gasteiger partial charge in [0.2, 0.25) is 5.91 Å². The standard InChI is InChI=1S/C22H27N3O2/c1-15-16(2)20(27-3)9-8-17(15)14-25-12-10-22(11-13-25)21(26)23-18-6-4-5-7-19(18)24-22/h4-9,24H,10-14H2,1-3H3,(H,23,26). The van der Waals surface area contributed by atoms with Crippen molar-refractivity contribution < 1.29 is 9.53 Å². The van der Waals surface area contributed by atoms with Crippen molar-refractivity contribution in [3.8, 4) is 5.75 Å². The van der Waals surface area contributed by atoms with Crippen LogP contribution in [0.5, 0.6) is 5.75 Å². The third kappa shape index (κ3) is 3.16. The number of nitrogens with one attached hydrogen (secondary N) is 2. The largest absolute Gasteiger partial charge is 0.496 e. The fraction of sp³-hybridized carbons (Fsp3) is 0.409. The first-order chi connectivity index (χ1) is 13.0. The first kappa shape index (κ1) is 17.9. The highest BCUT2D eigenvalue weighted by Gasteiger charge is 2.44. The number of hydrogen-bond acceptors (Lipinski definition) is 4. The van der Waals surface area contributed by atoms with Crippen LogP contribution in [0.15, 0.2) is 36.4 Å². The minimum atomic E-state index is -0.490. The Kier molecular flexibility index (Phi) is 4.56. The molecule has 4 rings (SSSR count). The molecule has 2 aromatic rings. The number of likely N-dealkylation sites (tertiary alicyclic amines) is 1. The van der Waals surface area contributed by atoms with Crippen molar-refractivity contribution in [2.24, 2.45) is 0 Å². The number of para-hydroxylation sites is 2. The Morgan fingerprint density at radius 2 is 1.74 bits per heavy atom. The summed E-state index contributed by atoms with van der Waals surface area (Å²) in [4.78, 5) is 15.2. The molecule has 2 N–H and O–H groups in total. The average Bonchev–Trinajstić information content (AvgIpc) is 2.68. The van der Waals surface area contributed by atoms with Crippen molar-refractivity contribution in [3.05, 3.63) is 53.1 Å². The molecule has 0 saturated carbocycles. The first-order valence-corrected chi connectivity index (χ1v) is 9.56. The fourth-order valence-corrected chi connectivity index (χ4v) is 4.19. The molecule has 5 nitrogen and oxygen atoms in total. The number of carbonyl (C=O) groups excluding carboxylic acids is 1. The summed E-state index contributed by atoms with van der Waals surface area (Å²) in [5.74, 6) is 1.04. The van der Waals surface area contributed by atoms with Crippen molar-refractivity contribution in [1.29, 1.82) is 0 Å². The van der Waals surface area contributed by atoms with Gasteiger partial charge < -0.3 is 15.4 Å². The van der Waals surface area contributed by atoms with E-state index in [-0.39, 0.29) is 5.91 Å². The molecule has 2 aliphatic rings. The number of methoxy groups -OCH3 is 1. The Morgan fingerprint density at radius 1 is 1.04 bits per heavy atom. The smallest absolute Gasteiger partial charge is 0.250 e. The molecule has 0 atom stereocenters. The van der Waals surface area contributed by atoms with Gasteiger partial charge >= 0.3 is 0 Å². The number of anilines is 2. The highest BCUT2D eigenvalue weighted by atomic mass is 16.5. The zero-order valence-electron chi connectivity index (χ0n) is 16.3. The van der Waals surface area contributed by atoms with E-state index in [0.29, 0.717) is 0 Å². The molecule has 0 aromatic heterocycles. The van der Waals surface area contributed by atoms with E-state index in [1.165, 1.54) is 16.7 Å². The third-order valence-corrected chi connectivity index (χ3v) is 6.16. The van der Waals surface area contributed by atoms with E-state index in [0.717, 1.165) is 49.6 Å². The van der Waals surface area contributed by atoms with E-state index in [1.807, 2.05) is 24.3 Å². The summed E-state index contributed by atoms with van der Waals surface area (Å²) in [5.41, 5.74) is 5.23. The molecule has 1 fully saturated rings. The summed E-state index contributed by atoms with van der Waals surface area (Å²) in [5, 5.41) is 6.61. The van der Waals surface area contributed by atoms with Crippen molar-refractivity contribution in [3.63, 3.8) is 0 Å². The van der Waals surface area contributed by atoms with E-state index < -0.39 is 5.54 Å². The van der Waals surface area contributed by atoms with Gasteiger partial charge in [0, 0.05) is 19.6 Å². The van der Waals surface area contributed by atoms with Gasteiger partial charge in [0.1, 0.15) is 11.3 Å². The number of piperidine rings is 1. The molecule has 0 radical (unpaired) electrons. The van der Waals surface area contributed by atoms with Crippen molar-refractivity contribution in [2.75, 3.05) is 30.8 Å². The first-order valence-electron chi connectivity index (χ1n) is 9.56. The van der Waals surface area contributed by atoms with Gasteiger partial charge in [-0.3, -0.25) is 9.69 Å². The van der Waals surface area contributed by atoms with Crippen LogP contribution in [-0.2, 0) is 11.3 Å². The predicted octanol–water partition coefficient (Wildman–Crippen LogP) is 3.71. The van der Waals surface area contributed by atoms with E-state index in [9.17, 15) is 4.79 Å². The van der Waals surface area contributed by atoms with Gasteiger partial charge in [0.25, 0.3) is 0 Å². The number of nitrogens with zero attached hydrogens (tertiary/aromatic N) is 1. The van der Waals surface area contributed by atoms with Gasteiger partial charge in [0.15, 0.2) is 0 Å². The Bertz CT molecular complexity index is 870. The molecule has 1 amide bonds. The molecule has 27 heavy (non-hydrogen) atoms. The molecule has 0 bridgehead atoms. The van der Waals surface area contributed by atoms with Gasteiger partial charge in [0.05, 0.1) is 18.5 Å². The molecular formula is C22H27N3O2. The Morgan fingerprint density at radius 3 is 2.44 bits per heavy atom. The van der Waals surface area contributed by atoms with Gasteiger partial charge in [-0.1, -0.05) is 18.2 Å². The molecule has 2 heterocycles. The van der Waals surface area contributed by atoms with E-state index in [1.54, 1.807) is 7.11 Å². The molecule has 1 saturated heterocycles. The second kappa shape index (κ2) is 6.89. The number of fused-ring (bicyclic) bond motifs is 1. The summed E-state index contributed by atoms with van der Waals surface area (Å²) in [7, 11) is 1.71. The number of ether oxygens (including phenoxy) is 1. The summed E-state index contributed by atoms with van der Waals surface area (Å²) in [6.45, 7) is 6.97. The summed E-state index contributed by atoms with van der Waals surface area (Å²) in [6, 6.07) is 12.1. The van der Waals surface area contributed by atoms with Crippen LogP contribution >= 0.6 is 0 Å². The van der Waals surface area contributed by atoms with Crippen LogP contribution in [0.1, 0.15) is 29.5 Å². The van der Waals surface area contributed by atoms with Crippen LogP contribution < -0.4 is 15.4 Å². The van der Waals surface area contributed by atoms with E-state index in [4.69, 9.17) is 4.74 Å². The topological polar surface area (TPSA) is 53.6 Å². The van der Waals surface area contributed by atoms with Crippen LogP contribution in [0.2, 0.25) is 0 Å². The third-order valence-electron chi connectivity index (χ3n) is 6.16. The number of carbonyl (C=O) groups is 1. The van der Waals surface area contributed by atoms with Gasteiger partial charge in [-0.25, -0.2) is 0 Å². The highest BCUT2D eigenvalue weighted by Crippen LogP contribution is 2.36. The maximum Gasteiger partial charge on any atom is 0.250 e. The zero-order chi connectivity index (χ0) is 19.0. The normalized spacial score (nSPS) is 18.6. The van der Waals surface area contributed by atoms with Gasteiger partial charge in [-0.05, 0) is 61.6 Å². The lowest BCUT2D eigenvalue weighted by Gasteiger charge is -2.44. The minimum Gasteiger partial charge on any atom is -0.496 e. The Labute approximate surface area is 160 Å². The van der Waals surface area contributed by atoms with Crippen molar-refractivity contribution in [1.82, 2.24) is 4.90 Å². The molecule has 1 spiro atoms. The van der Waals surface area contributed by atoms with Gasteiger partial charge in [-0.15, -0.1) is 0 Å². The molecular weight excluding hydrogens is 338 g/mol. The molecule has 142 valence electrons. The lowest BCUT2D eigenvalue weighted by molar-refractivity contribution is -0.122.